The third-order valence-corrected chi connectivity index (χ3v) is 1.68. The summed E-state index contributed by atoms with van der Waals surface area (Å²) in [6.45, 7) is 1.44. The Morgan fingerprint density at radius 3 is 2.33 bits per heavy atom. The summed E-state index contributed by atoms with van der Waals surface area (Å²) in [5, 5.41) is 20.1. The number of aliphatic hydroxyl groups excluding tert-OH is 2. The van der Waals surface area contributed by atoms with Crippen LogP contribution in [0.4, 0.5) is 0 Å². The highest BCUT2D eigenvalue weighted by molar-refractivity contribution is 5.82. The number of amides is 1. The normalized spacial score (nSPS) is 11.3. The Kier molecular flexibility index (Phi) is 4.80. The maximum Gasteiger partial charge on any atom is 0.230 e. The van der Waals surface area contributed by atoms with E-state index >= 15 is 0 Å². The van der Waals surface area contributed by atoms with Crippen LogP contribution in [-0.4, -0.2) is 42.4 Å². The van der Waals surface area contributed by atoms with Crippen molar-refractivity contribution in [2.24, 2.45) is 11.1 Å². The first kappa shape index (κ1) is 11.4. The van der Waals surface area contributed by atoms with Crippen molar-refractivity contribution in [1.29, 1.82) is 0 Å². The molecule has 0 fully saturated rings. The molecule has 0 rings (SSSR count). The number of carbonyl (C=O) groups is 1. The molecule has 5 nitrogen and oxygen atoms in total. The van der Waals surface area contributed by atoms with E-state index in [1.807, 2.05) is 0 Å². The summed E-state index contributed by atoms with van der Waals surface area (Å²) in [4.78, 5) is 11.2. The fraction of sp³-hybridized carbons (Fsp3) is 0.857. The monoisotopic (exact) mass is 176 g/mol. The molecule has 0 aliphatic carbocycles. The smallest absolute Gasteiger partial charge is 0.230 e. The molecule has 0 unspecified atom stereocenters. The van der Waals surface area contributed by atoms with Gasteiger partial charge < -0.3 is 21.3 Å². The fourth-order valence-corrected chi connectivity index (χ4v) is 0.593. The summed E-state index contributed by atoms with van der Waals surface area (Å²) in [5.74, 6) is -0.377. The molecule has 0 heterocycles. The van der Waals surface area contributed by atoms with Gasteiger partial charge in [0.2, 0.25) is 5.91 Å². The predicted molar refractivity (Wildman–Crippen MR) is 44.3 cm³/mol. The number of hydrogen-bond acceptors (Lipinski definition) is 4. The van der Waals surface area contributed by atoms with Gasteiger partial charge in [-0.25, -0.2) is 0 Å². The molecule has 72 valence electrons. The number of aliphatic hydroxyl groups is 2. The first-order chi connectivity index (χ1) is 5.60. The van der Waals surface area contributed by atoms with E-state index in [0.717, 1.165) is 0 Å². The highest BCUT2D eigenvalue weighted by Gasteiger charge is 2.31. The van der Waals surface area contributed by atoms with E-state index in [1.54, 1.807) is 0 Å². The quantitative estimate of drug-likeness (QED) is 0.391. The van der Waals surface area contributed by atoms with Gasteiger partial charge in [0.05, 0.1) is 18.6 Å². The van der Waals surface area contributed by atoms with Crippen molar-refractivity contribution in [2.45, 2.75) is 6.92 Å². The van der Waals surface area contributed by atoms with Crippen LogP contribution in [-0.2, 0) is 4.79 Å². The summed E-state index contributed by atoms with van der Waals surface area (Å²) >= 11 is 0. The van der Waals surface area contributed by atoms with Crippen molar-refractivity contribution in [1.82, 2.24) is 5.32 Å². The molecular formula is C7H16N2O3. The fourth-order valence-electron chi connectivity index (χ4n) is 0.593. The van der Waals surface area contributed by atoms with Gasteiger partial charge in [0.1, 0.15) is 0 Å². The third-order valence-electron chi connectivity index (χ3n) is 1.68. The molecule has 0 radical (unpaired) electrons. The molecule has 0 aliphatic rings. The summed E-state index contributed by atoms with van der Waals surface area (Å²) in [6.07, 6.45) is 0. The van der Waals surface area contributed by atoms with Crippen LogP contribution in [0.3, 0.4) is 0 Å². The Morgan fingerprint density at radius 1 is 1.50 bits per heavy atom. The van der Waals surface area contributed by atoms with E-state index < -0.39 is 5.41 Å². The van der Waals surface area contributed by atoms with Gasteiger partial charge in [0, 0.05) is 13.1 Å². The van der Waals surface area contributed by atoms with Crippen LogP contribution in [0.25, 0.3) is 0 Å². The Labute approximate surface area is 71.6 Å². The second kappa shape index (κ2) is 5.08. The van der Waals surface area contributed by atoms with Crippen LogP contribution in [0.15, 0.2) is 0 Å². The summed E-state index contributed by atoms with van der Waals surface area (Å²) < 4.78 is 0. The first-order valence-corrected chi connectivity index (χ1v) is 3.81. The van der Waals surface area contributed by atoms with Gasteiger partial charge in [-0.3, -0.25) is 4.79 Å². The van der Waals surface area contributed by atoms with Gasteiger partial charge in [0.25, 0.3) is 0 Å². The predicted octanol–water partition coefficient (Wildman–Crippen LogP) is -1.95. The van der Waals surface area contributed by atoms with Gasteiger partial charge >= 0.3 is 0 Å². The molecule has 12 heavy (non-hydrogen) atoms. The zero-order chi connectivity index (χ0) is 9.61. The summed E-state index contributed by atoms with van der Waals surface area (Å²) in [6, 6.07) is 0. The Morgan fingerprint density at radius 2 is 2.00 bits per heavy atom. The minimum atomic E-state index is -1.10. The lowest BCUT2D eigenvalue weighted by Gasteiger charge is -2.22. The van der Waals surface area contributed by atoms with Crippen molar-refractivity contribution < 1.29 is 15.0 Å². The molecule has 0 saturated heterocycles. The molecule has 0 atom stereocenters. The topological polar surface area (TPSA) is 95.6 Å². The van der Waals surface area contributed by atoms with Crippen LogP contribution in [0.2, 0.25) is 0 Å². The van der Waals surface area contributed by atoms with Gasteiger partial charge in [0.15, 0.2) is 0 Å². The van der Waals surface area contributed by atoms with Crippen molar-refractivity contribution >= 4 is 5.91 Å². The minimum absolute atomic E-state index is 0.346. The standard InChI is InChI=1S/C7H16N2O3/c1-7(4-10,5-11)6(12)9-3-2-8/h10-11H,2-5,8H2,1H3,(H,9,12). The van der Waals surface area contributed by atoms with E-state index in [9.17, 15) is 4.79 Å². The number of nitrogens with one attached hydrogen (secondary N) is 1. The van der Waals surface area contributed by atoms with Crippen molar-refractivity contribution in [3.05, 3.63) is 0 Å². The highest BCUT2D eigenvalue weighted by Crippen LogP contribution is 2.13. The van der Waals surface area contributed by atoms with Crippen LogP contribution >= 0.6 is 0 Å². The van der Waals surface area contributed by atoms with E-state index in [2.05, 4.69) is 5.32 Å². The maximum absolute atomic E-state index is 11.2. The Balaban J connectivity index is 4.03. The van der Waals surface area contributed by atoms with Gasteiger partial charge in [-0.2, -0.15) is 0 Å². The zero-order valence-corrected chi connectivity index (χ0v) is 7.21. The zero-order valence-electron chi connectivity index (χ0n) is 7.21. The van der Waals surface area contributed by atoms with Crippen LogP contribution in [0.5, 0.6) is 0 Å². The average Bonchev–Trinajstić information content (AvgIpc) is 2.12. The van der Waals surface area contributed by atoms with Crippen molar-refractivity contribution in [3.63, 3.8) is 0 Å². The van der Waals surface area contributed by atoms with Crippen LogP contribution < -0.4 is 11.1 Å². The van der Waals surface area contributed by atoms with Crippen LogP contribution in [0.1, 0.15) is 6.92 Å². The molecule has 0 bridgehead atoms. The number of nitrogens with two attached hydrogens (primary N) is 1. The lowest BCUT2D eigenvalue weighted by Crippen LogP contribution is -2.45. The van der Waals surface area contributed by atoms with Crippen molar-refractivity contribution in [2.75, 3.05) is 26.3 Å². The summed E-state index contributed by atoms with van der Waals surface area (Å²) in [5.41, 5.74) is 4.06. The minimum Gasteiger partial charge on any atom is -0.395 e. The van der Waals surface area contributed by atoms with Gasteiger partial charge in [-0.1, -0.05) is 0 Å². The molecule has 0 aromatic rings. The molecular weight excluding hydrogens is 160 g/mol. The Hall–Kier alpha value is -0.650. The molecule has 0 aromatic carbocycles. The number of rotatable bonds is 5. The molecule has 5 heteroatoms. The van der Waals surface area contributed by atoms with E-state index in [0.29, 0.717) is 13.1 Å². The molecule has 5 N–H and O–H groups in total. The second-order valence-electron chi connectivity index (χ2n) is 2.92. The molecule has 1 amide bonds. The maximum atomic E-state index is 11.2. The van der Waals surface area contributed by atoms with Crippen LogP contribution in [0, 0.1) is 5.41 Å². The summed E-state index contributed by atoms with van der Waals surface area (Å²) in [7, 11) is 0. The second-order valence-corrected chi connectivity index (χ2v) is 2.92. The Bertz CT molecular complexity index is 146. The van der Waals surface area contributed by atoms with Gasteiger partial charge in [-0.05, 0) is 6.92 Å². The van der Waals surface area contributed by atoms with E-state index in [-0.39, 0.29) is 19.1 Å². The molecule has 0 aromatic heterocycles. The van der Waals surface area contributed by atoms with E-state index in [4.69, 9.17) is 15.9 Å². The highest BCUT2D eigenvalue weighted by atomic mass is 16.3. The first-order valence-electron chi connectivity index (χ1n) is 3.81. The molecule has 0 spiro atoms. The van der Waals surface area contributed by atoms with Gasteiger partial charge in [-0.15, -0.1) is 0 Å². The lowest BCUT2D eigenvalue weighted by atomic mass is 9.92. The molecule has 0 saturated carbocycles. The number of hydrogen-bond donors (Lipinski definition) is 4. The van der Waals surface area contributed by atoms with Crippen molar-refractivity contribution in [3.8, 4) is 0 Å². The molecule has 0 aliphatic heterocycles. The van der Waals surface area contributed by atoms with E-state index in [1.165, 1.54) is 6.92 Å². The SMILES string of the molecule is CC(CO)(CO)C(=O)NCCN. The largest absolute Gasteiger partial charge is 0.395 e. The third kappa shape index (κ3) is 2.77. The lowest BCUT2D eigenvalue weighted by molar-refractivity contribution is -0.134. The number of carbonyl (C=O) groups excluding carboxylic acids is 1. The average molecular weight is 176 g/mol.